The monoisotopic (exact) mass is 415 g/mol. The third-order valence-electron chi connectivity index (χ3n) is 5.30. The fraction of sp³-hybridized carbons (Fsp3) is 0.625. The number of ketones is 1. The molecule has 0 N–H and O–H groups in total. The first-order valence-corrected chi connectivity index (χ1v) is 11.0. The molecule has 0 spiro atoms. The molecular weight excluding hydrogens is 378 g/mol. The summed E-state index contributed by atoms with van der Waals surface area (Å²) < 4.78 is 7.12. The second-order valence-corrected chi connectivity index (χ2v) is 9.14. The summed E-state index contributed by atoms with van der Waals surface area (Å²) in [6, 6.07) is 5.50. The van der Waals surface area contributed by atoms with Gasteiger partial charge in [-0.2, -0.15) is 0 Å². The Bertz CT molecular complexity index is 856. The molecule has 30 heavy (non-hydrogen) atoms. The molecule has 0 aliphatic carbocycles. The minimum Gasteiger partial charge on any atom is -0.497 e. The van der Waals surface area contributed by atoms with E-state index in [9.17, 15) is 9.59 Å². The van der Waals surface area contributed by atoms with Crippen LogP contribution in [0.5, 0.6) is 5.75 Å². The predicted octanol–water partition coefficient (Wildman–Crippen LogP) is 4.80. The van der Waals surface area contributed by atoms with Crippen LogP contribution in [0.15, 0.2) is 18.2 Å². The summed E-state index contributed by atoms with van der Waals surface area (Å²) in [4.78, 5) is 32.6. The Morgan fingerprint density at radius 1 is 1.03 bits per heavy atom. The highest BCUT2D eigenvalue weighted by atomic mass is 16.5. The lowest BCUT2D eigenvalue weighted by Gasteiger charge is -2.25. The summed E-state index contributed by atoms with van der Waals surface area (Å²) in [7, 11) is 1.60. The van der Waals surface area contributed by atoms with Crippen LogP contribution < -0.4 is 4.74 Å². The molecular formula is C24H37N3O3. The van der Waals surface area contributed by atoms with E-state index >= 15 is 0 Å². The molecule has 0 fully saturated rings. The number of methoxy groups -OCH3 is 1. The molecule has 0 saturated heterocycles. The lowest BCUT2D eigenvalue weighted by Crippen LogP contribution is -2.37. The average Bonchev–Trinajstić information content (AvgIpc) is 3.04. The van der Waals surface area contributed by atoms with Crippen LogP contribution in [0.25, 0.3) is 11.0 Å². The Hall–Kier alpha value is -2.37. The van der Waals surface area contributed by atoms with Crippen molar-refractivity contribution < 1.29 is 14.3 Å². The second-order valence-electron chi connectivity index (χ2n) is 9.14. The van der Waals surface area contributed by atoms with Crippen molar-refractivity contribution in [2.75, 3.05) is 20.2 Å². The number of amides is 1. The van der Waals surface area contributed by atoms with Crippen molar-refractivity contribution in [2.24, 2.45) is 17.8 Å². The standard InChI is InChI=1S/C24H37N3O3/c1-16(2)10-12-26(13-11-17(3)4)22(28)15-27-21-14-19(30-7)8-9-20(21)25-24(27)23(29)18(5)6/h8-9,14,16-18H,10-13,15H2,1-7H3. The van der Waals surface area contributed by atoms with Gasteiger partial charge in [-0.05, 0) is 36.8 Å². The van der Waals surface area contributed by atoms with Crippen LogP contribution in [0.1, 0.15) is 65.0 Å². The van der Waals surface area contributed by atoms with Gasteiger partial charge in [-0.15, -0.1) is 0 Å². The first-order valence-electron chi connectivity index (χ1n) is 11.0. The summed E-state index contributed by atoms with van der Waals surface area (Å²) in [6.45, 7) is 13.9. The van der Waals surface area contributed by atoms with Crippen LogP contribution in [0.3, 0.4) is 0 Å². The highest BCUT2D eigenvalue weighted by Crippen LogP contribution is 2.24. The summed E-state index contributed by atoms with van der Waals surface area (Å²) in [5.41, 5.74) is 1.45. The molecule has 1 aromatic carbocycles. The van der Waals surface area contributed by atoms with Crippen LogP contribution >= 0.6 is 0 Å². The van der Waals surface area contributed by atoms with E-state index in [1.165, 1.54) is 0 Å². The van der Waals surface area contributed by atoms with Crippen molar-refractivity contribution in [3.8, 4) is 5.75 Å². The topological polar surface area (TPSA) is 64.4 Å². The normalized spacial score (nSPS) is 11.7. The predicted molar refractivity (Wildman–Crippen MR) is 121 cm³/mol. The van der Waals surface area contributed by atoms with E-state index in [0.29, 0.717) is 28.9 Å². The van der Waals surface area contributed by atoms with Gasteiger partial charge in [0, 0.05) is 25.1 Å². The first-order chi connectivity index (χ1) is 14.1. The van der Waals surface area contributed by atoms with E-state index in [2.05, 4.69) is 32.7 Å². The van der Waals surface area contributed by atoms with E-state index in [1.807, 2.05) is 36.9 Å². The lowest BCUT2D eigenvalue weighted by molar-refractivity contribution is -0.132. The Kier molecular flexibility index (Phi) is 8.44. The van der Waals surface area contributed by atoms with Crippen molar-refractivity contribution >= 4 is 22.7 Å². The molecule has 6 nitrogen and oxygen atoms in total. The van der Waals surface area contributed by atoms with Crippen LogP contribution in [-0.4, -0.2) is 46.3 Å². The van der Waals surface area contributed by atoms with Crippen molar-refractivity contribution in [3.05, 3.63) is 24.0 Å². The maximum absolute atomic E-state index is 13.3. The maximum atomic E-state index is 13.3. The number of imidazole rings is 1. The van der Waals surface area contributed by atoms with Gasteiger partial charge in [0.15, 0.2) is 5.82 Å². The number of Topliss-reactive ketones (excluding diaryl/α,β-unsaturated/α-hetero) is 1. The molecule has 0 aliphatic rings. The molecule has 166 valence electrons. The number of hydrogen-bond acceptors (Lipinski definition) is 4. The minimum absolute atomic E-state index is 0.0243. The molecule has 0 unspecified atom stereocenters. The Morgan fingerprint density at radius 2 is 1.63 bits per heavy atom. The molecule has 1 amide bonds. The van der Waals surface area contributed by atoms with Gasteiger partial charge >= 0.3 is 0 Å². The van der Waals surface area contributed by atoms with Crippen molar-refractivity contribution in [1.82, 2.24) is 14.5 Å². The summed E-state index contributed by atoms with van der Waals surface area (Å²) in [5, 5.41) is 0. The van der Waals surface area contributed by atoms with Crippen LogP contribution in [0.4, 0.5) is 0 Å². The number of fused-ring (bicyclic) bond motifs is 1. The second kappa shape index (κ2) is 10.6. The third-order valence-corrected chi connectivity index (χ3v) is 5.30. The molecule has 2 aromatic rings. The van der Waals surface area contributed by atoms with E-state index < -0.39 is 0 Å². The number of ether oxygens (including phenoxy) is 1. The largest absolute Gasteiger partial charge is 0.497 e. The number of hydrogen-bond donors (Lipinski definition) is 0. The number of nitrogens with zero attached hydrogens (tertiary/aromatic N) is 3. The Balaban J connectivity index is 2.40. The molecule has 0 radical (unpaired) electrons. The van der Waals surface area contributed by atoms with Gasteiger partial charge in [0.05, 0.1) is 18.1 Å². The van der Waals surface area contributed by atoms with Crippen molar-refractivity contribution in [1.29, 1.82) is 0 Å². The molecule has 1 heterocycles. The molecule has 0 bridgehead atoms. The van der Waals surface area contributed by atoms with Gasteiger partial charge in [-0.1, -0.05) is 41.5 Å². The fourth-order valence-electron chi connectivity index (χ4n) is 3.26. The van der Waals surface area contributed by atoms with Crippen molar-refractivity contribution in [3.63, 3.8) is 0 Å². The van der Waals surface area contributed by atoms with Crippen LogP contribution in [0.2, 0.25) is 0 Å². The Labute approximate surface area is 180 Å². The number of carbonyl (C=O) groups is 2. The number of aromatic nitrogens is 2. The minimum atomic E-state index is -0.199. The van der Waals surface area contributed by atoms with E-state index in [1.54, 1.807) is 11.7 Å². The zero-order chi connectivity index (χ0) is 22.4. The van der Waals surface area contributed by atoms with E-state index in [-0.39, 0.29) is 24.2 Å². The van der Waals surface area contributed by atoms with Gasteiger partial charge < -0.3 is 14.2 Å². The molecule has 2 rings (SSSR count). The molecule has 0 atom stereocenters. The maximum Gasteiger partial charge on any atom is 0.242 e. The van der Waals surface area contributed by atoms with E-state index in [4.69, 9.17) is 4.74 Å². The first kappa shape index (κ1) is 23.9. The summed E-state index contributed by atoms with van der Waals surface area (Å²) >= 11 is 0. The Morgan fingerprint density at radius 3 is 2.13 bits per heavy atom. The number of benzene rings is 1. The van der Waals surface area contributed by atoms with Crippen LogP contribution in [0, 0.1) is 17.8 Å². The lowest BCUT2D eigenvalue weighted by atomic mass is 10.1. The molecule has 1 aromatic heterocycles. The van der Waals surface area contributed by atoms with Gasteiger partial charge in [0.25, 0.3) is 0 Å². The average molecular weight is 416 g/mol. The van der Waals surface area contributed by atoms with Crippen molar-refractivity contribution in [2.45, 2.75) is 60.9 Å². The van der Waals surface area contributed by atoms with Gasteiger partial charge in [-0.3, -0.25) is 9.59 Å². The molecule has 0 aliphatic heterocycles. The highest BCUT2D eigenvalue weighted by molar-refractivity contribution is 5.98. The summed E-state index contributed by atoms with van der Waals surface area (Å²) in [5.74, 6) is 1.83. The third kappa shape index (κ3) is 6.07. The fourth-order valence-corrected chi connectivity index (χ4v) is 3.26. The number of rotatable bonds is 11. The van der Waals surface area contributed by atoms with Gasteiger partial charge in [-0.25, -0.2) is 4.98 Å². The smallest absolute Gasteiger partial charge is 0.242 e. The SMILES string of the molecule is COc1ccc2nc(C(=O)C(C)C)n(CC(=O)N(CCC(C)C)CCC(C)C)c2c1. The van der Waals surface area contributed by atoms with Gasteiger partial charge in [0.2, 0.25) is 11.7 Å². The molecule has 6 heteroatoms. The van der Waals surface area contributed by atoms with E-state index in [0.717, 1.165) is 31.4 Å². The summed E-state index contributed by atoms with van der Waals surface area (Å²) in [6.07, 6.45) is 1.92. The quantitative estimate of drug-likeness (QED) is 0.494. The zero-order valence-corrected chi connectivity index (χ0v) is 19.6. The highest BCUT2D eigenvalue weighted by Gasteiger charge is 2.24. The van der Waals surface area contributed by atoms with Crippen LogP contribution in [-0.2, 0) is 11.3 Å². The molecule has 0 saturated carbocycles. The number of carbonyl (C=O) groups excluding carboxylic acids is 2. The zero-order valence-electron chi connectivity index (χ0n) is 19.6. The van der Waals surface area contributed by atoms with Gasteiger partial charge in [0.1, 0.15) is 12.3 Å².